The zero-order valence-corrected chi connectivity index (χ0v) is 13.6. The summed E-state index contributed by atoms with van der Waals surface area (Å²) in [6.45, 7) is 6.30. The minimum Gasteiger partial charge on any atom is -0.327 e. The molecule has 1 unspecified atom stereocenters. The minimum atomic E-state index is -0.160. The molecule has 1 aromatic rings. The second kappa shape index (κ2) is 6.87. The van der Waals surface area contributed by atoms with Crippen molar-refractivity contribution < 1.29 is 4.79 Å². The molecule has 0 aliphatic rings. The van der Waals surface area contributed by atoms with Crippen LogP contribution in [0.4, 0.5) is 5.69 Å². The van der Waals surface area contributed by atoms with E-state index in [-0.39, 0.29) is 23.8 Å². The largest absolute Gasteiger partial charge is 0.327 e. The fraction of sp³-hybridized carbons (Fsp3) is 0.467. The molecule has 1 atom stereocenters. The first-order valence-electron chi connectivity index (χ1n) is 6.46. The van der Waals surface area contributed by atoms with E-state index in [0.29, 0.717) is 15.7 Å². The maximum Gasteiger partial charge on any atom is 0.225 e. The Hall–Kier alpha value is -1.38. The number of amides is 1. The minimum absolute atomic E-state index is 0.106. The third-order valence-electron chi connectivity index (χ3n) is 2.69. The highest BCUT2D eigenvalue weighted by Crippen LogP contribution is 2.24. The molecule has 108 valence electrons. The average Bonchev–Trinajstić information content (AvgIpc) is 2.28. The summed E-state index contributed by atoms with van der Waals surface area (Å²) >= 11 is 3.33. The number of hydrogen-bond donors (Lipinski definition) is 2. The zero-order chi connectivity index (χ0) is 15.3. The van der Waals surface area contributed by atoms with Gasteiger partial charge in [-0.15, -0.1) is 0 Å². The van der Waals surface area contributed by atoms with Crippen LogP contribution in [-0.2, 0) is 4.79 Å². The highest BCUT2D eigenvalue weighted by molar-refractivity contribution is 9.10. The van der Waals surface area contributed by atoms with Gasteiger partial charge in [0.1, 0.15) is 0 Å². The maximum atomic E-state index is 11.9. The van der Waals surface area contributed by atoms with E-state index in [1.54, 1.807) is 18.2 Å². The predicted molar refractivity (Wildman–Crippen MR) is 84.2 cm³/mol. The van der Waals surface area contributed by atoms with Crippen LogP contribution >= 0.6 is 15.9 Å². The first kappa shape index (κ1) is 16.7. The summed E-state index contributed by atoms with van der Waals surface area (Å²) in [7, 11) is 0. The third-order valence-corrected chi connectivity index (χ3v) is 3.35. The van der Waals surface area contributed by atoms with E-state index in [9.17, 15) is 4.79 Å². The molecule has 0 fully saturated rings. The lowest BCUT2D eigenvalue weighted by Crippen LogP contribution is -2.31. The topological polar surface area (TPSA) is 78.9 Å². The number of nitriles is 1. The van der Waals surface area contributed by atoms with Crippen molar-refractivity contribution >= 4 is 27.5 Å². The number of hydrogen-bond acceptors (Lipinski definition) is 3. The number of nitrogens with zero attached hydrogens (tertiary/aromatic N) is 1. The molecule has 5 heteroatoms. The molecule has 0 radical (unpaired) electrons. The maximum absolute atomic E-state index is 11.9. The summed E-state index contributed by atoms with van der Waals surface area (Å²) in [5.74, 6) is -0.118. The summed E-state index contributed by atoms with van der Waals surface area (Å²) in [4.78, 5) is 11.9. The van der Waals surface area contributed by atoms with E-state index < -0.39 is 0 Å². The fourth-order valence-corrected chi connectivity index (χ4v) is 2.46. The quantitative estimate of drug-likeness (QED) is 0.883. The molecule has 0 aliphatic carbocycles. The fourth-order valence-electron chi connectivity index (χ4n) is 1.98. The molecular formula is C15H20BrN3O. The summed E-state index contributed by atoms with van der Waals surface area (Å²) in [5.41, 5.74) is 7.28. The van der Waals surface area contributed by atoms with Crippen molar-refractivity contribution in [3.05, 3.63) is 28.2 Å². The molecule has 0 heterocycles. The summed E-state index contributed by atoms with van der Waals surface area (Å²) in [6.07, 6.45) is 1.07. The van der Waals surface area contributed by atoms with Gasteiger partial charge in [0.15, 0.2) is 0 Å². The van der Waals surface area contributed by atoms with Gasteiger partial charge in [-0.05, 0) is 46.0 Å². The summed E-state index contributed by atoms with van der Waals surface area (Å²) in [5, 5.41) is 11.6. The van der Waals surface area contributed by atoms with Crippen LogP contribution in [0, 0.1) is 16.7 Å². The van der Waals surface area contributed by atoms with Gasteiger partial charge in [0.2, 0.25) is 5.91 Å². The van der Waals surface area contributed by atoms with Crippen LogP contribution in [0.3, 0.4) is 0 Å². The van der Waals surface area contributed by atoms with Gasteiger partial charge in [0.25, 0.3) is 0 Å². The van der Waals surface area contributed by atoms with Gasteiger partial charge >= 0.3 is 0 Å². The Bertz CT molecular complexity index is 529. The second-order valence-electron chi connectivity index (χ2n) is 6.08. The van der Waals surface area contributed by atoms with Crippen molar-refractivity contribution in [1.82, 2.24) is 0 Å². The predicted octanol–water partition coefficient (Wildman–Crippen LogP) is 3.41. The van der Waals surface area contributed by atoms with E-state index in [2.05, 4.69) is 42.0 Å². The molecule has 1 aromatic carbocycles. The van der Waals surface area contributed by atoms with Crippen LogP contribution in [0.15, 0.2) is 22.7 Å². The average molecular weight is 338 g/mol. The van der Waals surface area contributed by atoms with E-state index in [4.69, 9.17) is 11.0 Å². The highest BCUT2D eigenvalue weighted by Gasteiger charge is 2.18. The first-order valence-corrected chi connectivity index (χ1v) is 7.25. The van der Waals surface area contributed by atoms with Crippen molar-refractivity contribution in [1.29, 1.82) is 5.26 Å². The standard InChI is InChI=1S/C15H20BrN3O/c1-15(2,3)8-11(18)7-14(20)19-13-5-4-10(9-17)6-12(13)16/h4-6,11H,7-8,18H2,1-3H3,(H,19,20). The monoisotopic (exact) mass is 337 g/mol. The van der Waals surface area contributed by atoms with Crippen LogP contribution in [0.2, 0.25) is 0 Å². The van der Waals surface area contributed by atoms with Gasteiger partial charge in [-0.1, -0.05) is 20.8 Å². The molecule has 3 N–H and O–H groups in total. The van der Waals surface area contributed by atoms with Gasteiger partial charge in [-0.2, -0.15) is 5.26 Å². The third kappa shape index (κ3) is 5.72. The number of anilines is 1. The van der Waals surface area contributed by atoms with Gasteiger partial charge in [0.05, 0.1) is 17.3 Å². The Morgan fingerprint density at radius 1 is 1.50 bits per heavy atom. The number of rotatable bonds is 4. The molecule has 1 amide bonds. The van der Waals surface area contributed by atoms with E-state index in [1.165, 1.54) is 0 Å². The molecule has 0 bridgehead atoms. The van der Waals surface area contributed by atoms with Crippen LogP contribution in [0.5, 0.6) is 0 Å². The van der Waals surface area contributed by atoms with Gasteiger partial charge in [-0.3, -0.25) is 4.79 Å². The molecule has 0 saturated carbocycles. The number of nitrogens with one attached hydrogen (secondary N) is 1. The number of carbonyl (C=O) groups is 1. The zero-order valence-electron chi connectivity index (χ0n) is 12.0. The Kier molecular flexibility index (Phi) is 5.73. The molecular weight excluding hydrogens is 318 g/mol. The Balaban J connectivity index is 2.61. The molecule has 0 aromatic heterocycles. The summed E-state index contributed by atoms with van der Waals surface area (Å²) in [6, 6.07) is 6.92. The molecule has 0 spiro atoms. The van der Waals surface area contributed by atoms with E-state index in [1.807, 2.05) is 6.07 Å². The number of halogens is 1. The lowest BCUT2D eigenvalue weighted by molar-refractivity contribution is -0.116. The molecule has 20 heavy (non-hydrogen) atoms. The Morgan fingerprint density at radius 2 is 2.15 bits per heavy atom. The second-order valence-corrected chi connectivity index (χ2v) is 6.94. The smallest absolute Gasteiger partial charge is 0.225 e. The normalized spacial score (nSPS) is 12.6. The van der Waals surface area contributed by atoms with Crippen molar-refractivity contribution in [3.8, 4) is 6.07 Å². The SMILES string of the molecule is CC(C)(C)CC(N)CC(=O)Nc1ccc(C#N)cc1Br. The summed E-state index contributed by atoms with van der Waals surface area (Å²) < 4.78 is 0.689. The van der Waals surface area contributed by atoms with Crippen LogP contribution < -0.4 is 11.1 Å². The molecule has 1 rings (SSSR count). The highest BCUT2D eigenvalue weighted by atomic mass is 79.9. The number of nitrogens with two attached hydrogens (primary N) is 1. The molecule has 0 aliphatic heterocycles. The lowest BCUT2D eigenvalue weighted by atomic mass is 9.87. The van der Waals surface area contributed by atoms with Crippen molar-refractivity contribution in [2.75, 3.05) is 5.32 Å². The van der Waals surface area contributed by atoms with Gasteiger partial charge in [0, 0.05) is 16.9 Å². The van der Waals surface area contributed by atoms with Crippen LogP contribution in [-0.4, -0.2) is 11.9 Å². The van der Waals surface area contributed by atoms with Gasteiger partial charge in [-0.25, -0.2) is 0 Å². The van der Waals surface area contributed by atoms with Gasteiger partial charge < -0.3 is 11.1 Å². The van der Waals surface area contributed by atoms with E-state index >= 15 is 0 Å². The van der Waals surface area contributed by atoms with Crippen LogP contribution in [0.25, 0.3) is 0 Å². The first-order chi connectivity index (χ1) is 9.21. The van der Waals surface area contributed by atoms with Crippen molar-refractivity contribution in [3.63, 3.8) is 0 Å². The number of benzene rings is 1. The number of carbonyl (C=O) groups excluding carboxylic acids is 1. The van der Waals surface area contributed by atoms with Crippen molar-refractivity contribution in [2.45, 2.75) is 39.7 Å². The molecule has 0 saturated heterocycles. The van der Waals surface area contributed by atoms with E-state index in [0.717, 1.165) is 6.42 Å². The lowest BCUT2D eigenvalue weighted by Gasteiger charge is -2.22. The molecule has 4 nitrogen and oxygen atoms in total. The Labute approximate surface area is 128 Å². The Morgan fingerprint density at radius 3 is 2.65 bits per heavy atom. The van der Waals surface area contributed by atoms with Crippen LogP contribution in [0.1, 0.15) is 39.2 Å². The van der Waals surface area contributed by atoms with Crippen molar-refractivity contribution in [2.24, 2.45) is 11.1 Å².